The van der Waals surface area contributed by atoms with Gasteiger partial charge in [-0.05, 0) is 17.7 Å². The van der Waals surface area contributed by atoms with Crippen molar-refractivity contribution in [3.8, 4) is 0 Å². The first-order valence-corrected chi connectivity index (χ1v) is 5.94. The van der Waals surface area contributed by atoms with Crippen LogP contribution in [0, 0.1) is 27.7 Å². The molecule has 8 heteroatoms. The molecule has 3 atom stereocenters. The number of carbonyl (C=O) groups excluding carboxylic acids is 1. The summed E-state index contributed by atoms with van der Waals surface area (Å²) in [6.07, 6.45) is -1.03. The Balaban J connectivity index is 1.86. The second-order valence-electron chi connectivity index (χ2n) is 4.63. The fourth-order valence-corrected chi connectivity index (χ4v) is 1.86. The topological polar surface area (TPSA) is 92.5 Å². The molecule has 0 heterocycles. The van der Waals surface area contributed by atoms with Crippen molar-refractivity contribution >= 4 is 5.91 Å². The maximum Gasteiger partial charge on any atom is 0.230 e. The molecular weight excluding hydrogens is 274 g/mol. The molecule has 108 valence electrons. The summed E-state index contributed by atoms with van der Waals surface area (Å²) in [4.78, 5) is 21.4. The summed E-state index contributed by atoms with van der Waals surface area (Å²) in [7, 11) is 0. The summed E-state index contributed by atoms with van der Waals surface area (Å²) in [6, 6.07) is 2.05. The maximum absolute atomic E-state index is 13.0. The van der Waals surface area contributed by atoms with Crippen molar-refractivity contribution in [2.45, 2.75) is 18.6 Å². The molecule has 2 rings (SSSR count). The standard InChI is InChI=1S/C12H12F2N2O4/c13-8-2-1-6(3-9(8)14)11(17)5-15-12(18)7-4-10(7)16(19)20/h1-3,7,10-11,17H,4-5H2,(H,15,18). The van der Waals surface area contributed by atoms with Gasteiger partial charge in [-0.15, -0.1) is 0 Å². The third-order valence-corrected chi connectivity index (χ3v) is 3.16. The number of amides is 1. The fraction of sp³-hybridized carbons (Fsp3) is 0.417. The minimum absolute atomic E-state index is 0.117. The molecule has 1 amide bonds. The summed E-state index contributed by atoms with van der Waals surface area (Å²) < 4.78 is 25.7. The minimum Gasteiger partial charge on any atom is -0.387 e. The van der Waals surface area contributed by atoms with E-state index in [0.717, 1.165) is 12.1 Å². The Morgan fingerprint density at radius 2 is 2.20 bits per heavy atom. The van der Waals surface area contributed by atoms with E-state index in [2.05, 4.69) is 5.32 Å². The Hall–Kier alpha value is -2.09. The lowest BCUT2D eigenvalue weighted by Crippen LogP contribution is -2.31. The Labute approximate surface area is 112 Å². The molecule has 3 unspecified atom stereocenters. The van der Waals surface area contributed by atoms with E-state index in [4.69, 9.17) is 0 Å². The van der Waals surface area contributed by atoms with Gasteiger partial charge in [-0.3, -0.25) is 14.9 Å². The predicted octanol–water partition coefficient (Wildman–Crippen LogP) is 0.780. The van der Waals surface area contributed by atoms with Crippen LogP contribution in [0.5, 0.6) is 0 Å². The van der Waals surface area contributed by atoms with Gasteiger partial charge in [0, 0.05) is 17.9 Å². The monoisotopic (exact) mass is 286 g/mol. The highest BCUT2D eigenvalue weighted by Gasteiger charge is 2.53. The van der Waals surface area contributed by atoms with E-state index in [0.29, 0.717) is 0 Å². The number of nitrogens with zero attached hydrogens (tertiary/aromatic N) is 1. The van der Waals surface area contributed by atoms with Crippen LogP contribution < -0.4 is 5.32 Å². The quantitative estimate of drug-likeness (QED) is 0.618. The van der Waals surface area contributed by atoms with Crippen molar-refractivity contribution in [3.05, 3.63) is 45.5 Å². The van der Waals surface area contributed by atoms with Crippen LogP contribution in [0.4, 0.5) is 8.78 Å². The number of benzene rings is 1. The van der Waals surface area contributed by atoms with E-state index in [1.165, 1.54) is 6.07 Å². The van der Waals surface area contributed by atoms with E-state index in [1.54, 1.807) is 0 Å². The summed E-state index contributed by atoms with van der Waals surface area (Å²) in [6.45, 7) is -0.217. The summed E-state index contributed by atoms with van der Waals surface area (Å²) >= 11 is 0. The average Bonchev–Trinajstić information content (AvgIpc) is 3.19. The minimum atomic E-state index is -1.21. The molecule has 0 aliphatic heterocycles. The molecule has 1 fully saturated rings. The zero-order valence-corrected chi connectivity index (χ0v) is 10.3. The molecule has 1 aliphatic rings. The van der Waals surface area contributed by atoms with Crippen molar-refractivity contribution in [2.75, 3.05) is 6.54 Å². The number of aliphatic hydroxyl groups is 1. The zero-order chi connectivity index (χ0) is 14.9. The number of carbonyl (C=O) groups is 1. The normalized spacial score (nSPS) is 22.1. The second-order valence-corrected chi connectivity index (χ2v) is 4.63. The summed E-state index contributed by atoms with van der Waals surface area (Å²) in [5.41, 5.74) is 0.117. The van der Waals surface area contributed by atoms with Crippen molar-refractivity contribution in [1.29, 1.82) is 0 Å². The number of nitro groups is 1. The predicted molar refractivity (Wildman–Crippen MR) is 63.2 cm³/mol. The highest BCUT2D eigenvalue weighted by Crippen LogP contribution is 2.33. The Morgan fingerprint density at radius 3 is 2.75 bits per heavy atom. The zero-order valence-electron chi connectivity index (χ0n) is 10.3. The van der Waals surface area contributed by atoms with E-state index in [-0.39, 0.29) is 18.5 Å². The molecule has 0 radical (unpaired) electrons. The first-order valence-electron chi connectivity index (χ1n) is 5.94. The van der Waals surface area contributed by atoms with Crippen LogP contribution in [0.25, 0.3) is 0 Å². The number of hydrogen-bond acceptors (Lipinski definition) is 4. The Bertz CT molecular complexity index is 552. The van der Waals surface area contributed by atoms with Gasteiger partial charge in [0.1, 0.15) is 5.92 Å². The lowest BCUT2D eigenvalue weighted by Gasteiger charge is -2.12. The molecule has 20 heavy (non-hydrogen) atoms. The number of nitrogens with one attached hydrogen (secondary N) is 1. The molecule has 0 saturated heterocycles. The van der Waals surface area contributed by atoms with Gasteiger partial charge >= 0.3 is 0 Å². The highest BCUT2D eigenvalue weighted by molar-refractivity contribution is 5.82. The molecular formula is C12H12F2N2O4. The van der Waals surface area contributed by atoms with Gasteiger partial charge in [-0.25, -0.2) is 8.78 Å². The summed E-state index contributed by atoms with van der Waals surface area (Å²) in [5, 5.41) is 22.5. The van der Waals surface area contributed by atoms with Crippen LogP contribution in [0.3, 0.4) is 0 Å². The summed E-state index contributed by atoms with van der Waals surface area (Å²) in [5.74, 6) is -3.32. The van der Waals surface area contributed by atoms with Crippen molar-refractivity contribution in [1.82, 2.24) is 5.32 Å². The maximum atomic E-state index is 13.0. The molecule has 6 nitrogen and oxygen atoms in total. The molecule has 1 aromatic rings. The first-order chi connectivity index (χ1) is 9.40. The van der Waals surface area contributed by atoms with E-state index in [1.807, 2.05) is 0 Å². The van der Waals surface area contributed by atoms with Crippen LogP contribution in [-0.2, 0) is 4.79 Å². The first kappa shape index (κ1) is 14.3. The van der Waals surface area contributed by atoms with E-state index < -0.39 is 40.5 Å². The van der Waals surface area contributed by atoms with Crippen molar-refractivity contribution in [2.24, 2.45) is 5.92 Å². The number of aliphatic hydroxyl groups excluding tert-OH is 1. The molecule has 0 spiro atoms. The fourth-order valence-electron chi connectivity index (χ4n) is 1.86. The Morgan fingerprint density at radius 1 is 1.50 bits per heavy atom. The molecule has 1 aliphatic carbocycles. The van der Waals surface area contributed by atoms with Gasteiger partial charge in [-0.2, -0.15) is 0 Å². The van der Waals surface area contributed by atoms with Gasteiger partial charge in [0.2, 0.25) is 11.9 Å². The van der Waals surface area contributed by atoms with E-state index >= 15 is 0 Å². The van der Waals surface area contributed by atoms with Crippen LogP contribution in [0.15, 0.2) is 18.2 Å². The largest absolute Gasteiger partial charge is 0.387 e. The number of rotatable bonds is 5. The SMILES string of the molecule is O=C(NCC(O)c1ccc(F)c(F)c1)C1CC1[N+](=O)[O-]. The van der Waals surface area contributed by atoms with E-state index in [9.17, 15) is 28.8 Å². The highest BCUT2D eigenvalue weighted by atomic mass is 19.2. The number of halogens is 2. The molecule has 1 saturated carbocycles. The molecule has 0 bridgehead atoms. The van der Waals surface area contributed by atoms with Gasteiger partial charge in [0.15, 0.2) is 11.6 Å². The third-order valence-electron chi connectivity index (χ3n) is 3.16. The van der Waals surface area contributed by atoms with Gasteiger partial charge in [0.25, 0.3) is 0 Å². The van der Waals surface area contributed by atoms with Crippen LogP contribution in [0.1, 0.15) is 18.1 Å². The van der Waals surface area contributed by atoms with Crippen molar-refractivity contribution < 1.29 is 23.6 Å². The molecule has 2 N–H and O–H groups in total. The Kier molecular flexibility index (Phi) is 3.93. The van der Waals surface area contributed by atoms with Crippen molar-refractivity contribution in [3.63, 3.8) is 0 Å². The van der Waals surface area contributed by atoms with Crippen LogP contribution >= 0.6 is 0 Å². The average molecular weight is 286 g/mol. The lowest BCUT2D eigenvalue weighted by molar-refractivity contribution is -0.497. The van der Waals surface area contributed by atoms with Crippen LogP contribution in [0.2, 0.25) is 0 Å². The van der Waals surface area contributed by atoms with Gasteiger partial charge in [-0.1, -0.05) is 6.07 Å². The molecule has 1 aromatic carbocycles. The lowest BCUT2D eigenvalue weighted by atomic mass is 10.1. The molecule has 0 aromatic heterocycles. The van der Waals surface area contributed by atoms with Gasteiger partial charge < -0.3 is 10.4 Å². The second kappa shape index (κ2) is 5.49. The third kappa shape index (κ3) is 3.08. The smallest absolute Gasteiger partial charge is 0.230 e. The van der Waals surface area contributed by atoms with Gasteiger partial charge in [0.05, 0.1) is 6.10 Å². The van der Waals surface area contributed by atoms with Crippen LogP contribution in [-0.4, -0.2) is 28.5 Å². The number of hydrogen-bond donors (Lipinski definition) is 2.